The summed E-state index contributed by atoms with van der Waals surface area (Å²) >= 11 is 2.08. The van der Waals surface area contributed by atoms with E-state index in [1.54, 1.807) is 3.22 Å². The number of halogens is 1. The lowest BCUT2D eigenvalue weighted by Gasteiger charge is -2.02. The first kappa shape index (κ1) is 6.67. The molecule has 0 spiro atoms. The molecule has 3 N–H and O–H groups in total. The Labute approximate surface area is 52.0 Å². The van der Waals surface area contributed by atoms with Gasteiger partial charge in [-0.2, -0.15) is 3.22 Å². The summed E-state index contributed by atoms with van der Waals surface area (Å²) in [6.45, 7) is 0. The van der Waals surface area contributed by atoms with E-state index in [2.05, 4.69) is 28.2 Å². The van der Waals surface area contributed by atoms with Crippen LogP contribution in [0.2, 0.25) is 0 Å². The number of nitrogens with two attached hydrogens (primary N) is 1. The van der Waals surface area contributed by atoms with Gasteiger partial charge < -0.3 is 5.64 Å². The molecule has 0 saturated carbocycles. The molecule has 0 unspecified atom stereocenters. The fraction of sp³-hybridized carbons (Fsp3) is 1.00. The molecule has 0 fully saturated rings. The van der Waals surface area contributed by atoms with E-state index in [1.165, 1.54) is 0 Å². The highest BCUT2D eigenvalue weighted by Gasteiger charge is 1.81. The summed E-state index contributed by atoms with van der Waals surface area (Å²) in [6.07, 6.45) is 0. The van der Waals surface area contributed by atoms with Gasteiger partial charge in [-0.1, -0.05) is 0 Å². The molecule has 36 valence electrons. The summed E-state index contributed by atoms with van der Waals surface area (Å²) in [5.41, 5.74) is 5.07. The van der Waals surface area contributed by atoms with E-state index in [4.69, 9.17) is 5.64 Å². The zero-order chi connectivity index (χ0) is 4.99. The van der Waals surface area contributed by atoms with E-state index < -0.39 is 0 Å². The summed E-state index contributed by atoms with van der Waals surface area (Å²) in [4.78, 5) is 0. The second-order valence-corrected chi connectivity index (χ2v) is 2.29. The van der Waals surface area contributed by atoms with Crippen LogP contribution in [0.5, 0.6) is 0 Å². The van der Waals surface area contributed by atoms with Crippen LogP contribution in [-0.4, -0.2) is 17.8 Å². The zero-order valence-electron chi connectivity index (χ0n) is 3.61. The van der Waals surface area contributed by atoms with Gasteiger partial charge in [0.1, 0.15) is 0 Å². The molecule has 0 aromatic rings. The SMILES string of the molecule is CN(I)NBN. The first-order chi connectivity index (χ1) is 2.77. The molecule has 0 aliphatic heterocycles. The van der Waals surface area contributed by atoms with Crippen molar-refractivity contribution in [3.05, 3.63) is 0 Å². The lowest BCUT2D eigenvalue weighted by atomic mass is 10.3. The number of nitrogens with zero attached hydrogens (tertiary/aromatic N) is 1. The minimum absolute atomic E-state index is 0.499. The Morgan fingerprint density at radius 1 is 2.00 bits per heavy atom. The summed E-state index contributed by atoms with van der Waals surface area (Å²) < 4.78 is 1.78. The van der Waals surface area contributed by atoms with Crippen LogP contribution < -0.4 is 11.0 Å². The van der Waals surface area contributed by atoms with Crippen molar-refractivity contribution in [2.24, 2.45) is 5.64 Å². The van der Waals surface area contributed by atoms with E-state index in [-0.39, 0.29) is 0 Å². The van der Waals surface area contributed by atoms with Crippen LogP contribution in [0.15, 0.2) is 0 Å². The third-order valence-corrected chi connectivity index (χ3v) is 0.650. The van der Waals surface area contributed by atoms with Gasteiger partial charge in [0.05, 0.1) is 0 Å². The average Bonchev–Trinajstić information content (AvgIpc) is 1.35. The van der Waals surface area contributed by atoms with Crippen molar-refractivity contribution >= 4 is 30.4 Å². The molecule has 5 heteroatoms. The van der Waals surface area contributed by atoms with Gasteiger partial charge in [-0.05, 0) is 0 Å². The molecule has 0 aromatic carbocycles. The number of hydrazine groups is 1. The summed E-state index contributed by atoms with van der Waals surface area (Å²) in [7, 11) is 2.38. The van der Waals surface area contributed by atoms with Crippen LogP contribution >= 0.6 is 22.9 Å². The molecular weight excluding hydrogens is 192 g/mol. The number of nitrogens with one attached hydrogen (secondary N) is 1. The second kappa shape index (κ2) is 3.85. The number of hydrogen-bond donors (Lipinski definition) is 2. The van der Waals surface area contributed by atoms with Crippen LogP contribution in [-0.2, 0) is 0 Å². The predicted molar refractivity (Wildman–Crippen MR) is 36.3 cm³/mol. The lowest BCUT2D eigenvalue weighted by molar-refractivity contribution is 0.579. The Balaban J connectivity index is 2.63. The molecule has 0 heterocycles. The average molecular weight is 199 g/mol. The highest BCUT2D eigenvalue weighted by Crippen LogP contribution is 1.80. The maximum absolute atomic E-state index is 5.07. The Kier molecular flexibility index (Phi) is 4.28. The van der Waals surface area contributed by atoms with Gasteiger partial charge >= 0.3 is 0 Å². The van der Waals surface area contributed by atoms with E-state index in [0.717, 1.165) is 0 Å². The largest absolute Gasteiger partial charge is 0.358 e. The molecular formula is CH7BIN3. The van der Waals surface area contributed by atoms with Gasteiger partial charge in [-0.3, -0.25) is 5.34 Å². The van der Waals surface area contributed by atoms with Crippen molar-refractivity contribution in [1.29, 1.82) is 0 Å². The maximum atomic E-state index is 5.07. The minimum Gasteiger partial charge on any atom is -0.358 e. The fourth-order valence-corrected chi connectivity index (χ4v) is 0.323. The molecule has 0 saturated heterocycles. The lowest BCUT2D eigenvalue weighted by Crippen LogP contribution is -2.34. The Bertz CT molecular complexity index is 32.0. The molecule has 0 amide bonds. The highest BCUT2D eigenvalue weighted by atomic mass is 127. The highest BCUT2D eigenvalue weighted by molar-refractivity contribution is 14.1. The minimum atomic E-state index is 0.499. The van der Waals surface area contributed by atoms with Crippen molar-refractivity contribution in [2.45, 2.75) is 0 Å². The van der Waals surface area contributed by atoms with Crippen molar-refractivity contribution in [2.75, 3.05) is 7.05 Å². The van der Waals surface area contributed by atoms with Gasteiger partial charge in [0.15, 0.2) is 0 Å². The van der Waals surface area contributed by atoms with Crippen LogP contribution in [0, 0.1) is 0 Å². The molecule has 0 aromatic heterocycles. The first-order valence-corrected chi connectivity index (χ1v) is 2.57. The molecule has 0 rings (SSSR count). The molecule has 6 heavy (non-hydrogen) atoms. The van der Waals surface area contributed by atoms with Crippen molar-refractivity contribution in [3.63, 3.8) is 0 Å². The third-order valence-electron chi connectivity index (χ3n) is 0.309. The van der Waals surface area contributed by atoms with Crippen LogP contribution in [0.25, 0.3) is 0 Å². The maximum Gasteiger partial charge on any atom is 0.298 e. The van der Waals surface area contributed by atoms with E-state index in [1.807, 2.05) is 7.05 Å². The fourth-order valence-electron chi connectivity index (χ4n) is 0.126. The topological polar surface area (TPSA) is 41.3 Å². The first-order valence-electron chi connectivity index (χ1n) is 1.60. The van der Waals surface area contributed by atoms with Gasteiger partial charge in [0.2, 0.25) is 0 Å². The smallest absolute Gasteiger partial charge is 0.298 e. The number of hydrogen-bond acceptors (Lipinski definition) is 3. The standard InChI is InChI=1S/CH7BIN3/c1-6(3)5-2-4/h2,5H,4H2,1H3. The normalized spacial score (nSPS) is 9.33. The Morgan fingerprint density at radius 3 is 2.50 bits per heavy atom. The van der Waals surface area contributed by atoms with Crippen molar-refractivity contribution in [1.82, 2.24) is 8.56 Å². The van der Waals surface area contributed by atoms with Gasteiger partial charge in [-0.25, -0.2) is 0 Å². The van der Waals surface area contributed by atoms with Crippen molar-refractivity contribution < 1.29 is 0 Å². The molecule has 0 aliphatic carbocycles. The van der Waals surface area contributed by atoms with E-state index in [9.17, 15) is 0 Å². The van der Waals surface area contributed by atoms with E-state index >= 15 is 0 Å². The zero-order valence-corrected chi connectivity index (χ0v) is 5.77. The van der Waals surface area contributed by atoms with Gasteiger partial charge in [-0.15, -0.1) is 0 Å². The van der Waals surface area contributed by atoms with Crippen LogP contribution in [0.1, 0.15) is 0 Å². The van der Waals surface area contributed by atoms with Gasteiger partial charge in [0.25, 0.3) is 7.55 Å². The van der Waals surface area contributed by atoms with Crippen LogP contribution in [0.4, 0.5) is 0 Å². The Hall–Kier alpha value is 0.675. The summed E-state index contributed by atoms with van der Waals surface area (Å²) in [5, 5.41) is 2.81. The van der Waals surface area contributed by atoms with Crippen molar-refractivity contribution in [3.8, 4) is 0 Å². The second-order valence-electron chi connectivity index (χ2n) is 0.839. The molecule has 0 radical (unpaired) electrons. The Morgan fingerprint density at radius 2 is 2.50 bits per heavy atom. The van der Waals surface area contributed by atoms with E-state index in [0.29, 0.717) is 7.55 Å². The summed E-state index contributed by atoms with van der Waals surface area (Å²) in [5.74, 6) is 0. The molecule has 3 nitrogen and oxygen atoms in total. The molecule has 0 atom stereocenters. The van der Waals surface area contributed by atoms with Crippen LogP contribution in [0.3, 0.4) is 0 Å². The predicted octanol–water partition coefficient (Wildman–Crippen LogP) is -1.00. The molecule has 0 bridgehead atoms. The summed E-state index contributed by atoms with van der Waals surface area (Å²) in [6, 6.07) is 0. The molecule has 0 aliphatic rings. The number of rotatable bonds is 2. The third kappa shape index (κ3) is 4.67. The van der Waals surface area contributed by atoms with Gasteiger partial charge in [0, 0.05) is 29.9 Å². The monoisotopic (exact) mass is 199 g/mol. The quantitative estimate of drug-likeness (QED) is 0.259.